The topological polar surface area (TPSA) is 86.9 Å². The number of rotatable bonds is 7. The highest BCUT2D eigenvalue weighted by Crippen LogP contribution is 2.24. The Labute approximate surface area is 121 Å². The van der Waals surface area contributed by atoms with Crippen molar-refractivity contribution in [1.82, 2.24) is 20.2 Å². The average Bonchev–Trinajstić information content (AvgIpc) is 2.94. The van der Waals surface area contributed by atoms with Crippen molar-refractivity contribution >= 4 is 21.4 Å². The first-order chi connectivity index (χ1) is 9.65. The van der Waals surface area contributed by atoms with Gasteiger partial charge in [-0.1, -0.05) is 0 Å². The van der Waals surface area contributed by atoms with Crippen LogP contribution in [0.15, 0.2) is 28.7 Å². The van der Waals surface area contributed by atoms with E-state index in [2.05, 4.69) is 20.2 Å². The van der Waals surface area contributed by atoms with Crippen LogP contribution in [0.2, 0.25) is 0 Å². The second kappa shape index (κ2) is 5.65. The van der Waals surface area contributed by atoms with Crippen LogP contribution in [0.3, 0.4) is 0 Å². The van der Waals surface area contributed by atoms with E-state index in [4.69, 9.17) is 0 Å². The Morgan fingerprint density at radius 2 is 2.25 bits per heavy atom. The number of hydrogen-bond donors (Lipinski definition) is 3. The van der Waals surface area contributed by atoms with Gasteiger partial charge in [-0.15, -0.1) is 11.3 Å². The maximum Gasteiger partial charge on any atom is 0.242 e. The molecule has 0 atom stereocenters. The van der Waals surface area contributed by atoms with E-state index in [1.165, 1.54) is 24.2 Å². The highest BCUT2D eigenvalue weighted by atomic mass is 32.2. The van der Waals surface area contributed by atoms with E-state index in [1.54, 1.807) is 18.5 Å². The first-order valence-corrected chi connectivity index (χ1v) is 8.78. The van der Waals surface area contributed by atoms with Gasteiger partial charge in [0.2, 0.25) is 10.0 Å². The van der Waals surface area contributed by atoms with Gasteiger partial charge in [-0.2, -0.15) is 5.10 Å². The highest BCUT2D eigenvalue weighted by molar-refractivity contribution is 7.89. The third-order valence-electron chi connectivity index (χ3n) is 3.14. The average molecular weight is 312 g/mol. The molecule has 8 heteroatoms. The van der Waals surface area contributed by atoms with Crippen molar-refractivity contribution in [1.29, 1.82) is 0 Å². The second-order valence-corrected chi connectivity index (χ2v) is 7.53. The lowest BCUT2D eigenvalue weighted by Crippen LogP contribution is -2.24. The molecule has 3 N–H and O–H groups in total. The van der Waals surface area contributed by atoms with Gasteiger partial charge in [-0.25, -0.2) is 13.1 Å². The molecule has 1 aliphatic carbocycles. The minimum Gasteiger partial charge on any atom is -0.309 e. The molecular weight excluding hydrogens is 296 g/mol. The third-order valence-corrected chi connectivity index (χ3v) is 5.68. The van der Waals surface area contributed by atoms with Crippen molar-refractivity contribution in [3.8, 4) is 0 Å². The summed E-state index contributed by atoms with van der Waals surface area (Å²) in [4.78, 5) is 1.23. The van der Waals surface area contributed by atoms with Gasteiger partial charge in [-0.3, -0.25) is 5.10 Å². The SMILES string of the molecule is O=S(=O)(NCc1cn[nH]c1)c1ccsc1CNC1CC1. The molecule has 0 spiro atoms. The Kier molecular flexibility index (Phi) is 3.88. The molecule has 0 amide bonds. The van der Waals surface area contributed by atoms with Crippen LogP contribution in [-0.2, 0) is 23.1 Å². The Morgan fingerprint density at radius 3 is 2.95 bits per heavy atom. The van der Waals surface area contributed by atoms with E-state index in [0.29, 0.717) is 17.5 Å². The Hall–Kier alpha value is -1.22. The molecular formula is C12H16N4O2S2. The summed E-state index contributed by atoms with van der Waals surface area (Å²) in [5, 5.41) is 11.6. The van der Waals surface area contributed by atoms with Crippen LogP contribution in [0.4, 0.5) is 0 Å². The van der Waals surface area contributed by atoms with Crippen LogP contribution < -0.4 is 10.0 Å². The molecule has 20 heavy (non-hydrogen) atoms. The molecule has 6 nitrogen and oxygen atoms in total. The molecule has 108 valence electrons. The maximum absolute atomic E-state index is 12.3. The van der Waals surface area contributed by atoms with Crippen molar-refractivity contribution in [2.45, 2.75) is 36.9 Å². The van der Waals surface area contributed by atoms with Crippen molar-refractivity contribution in [2.24, 2.45) is 0 Å². The van der Waals surface area contributed by atoms with E-state index < -0.39 is 10.0 Å². The normalized spacial score (nSPS) is 15.6. The number of H-pyrrole nitrogens is 1. The van der Waals surface area contributed by atoms with Gasteiger partial charge in [0.05, 0.1) is 11.1 Å². The molecule has 2 aromatic heterocycles. The van der Waals surface area contributed by atoms with Gasteiger partial charge in [-0.05, 0) is 24.3 Å². The van der Waals surface area contributed by atoms with Crippen molar-refractivity contribution < 1.29 is 8.42 Å². The summed E-state index contributed by atoms with van der Waals surface area (Å²) in [5.74, 6) is 0. The second-order valence-electron chi connectivity index (χ2n) is 4.79. The Bertz CT molecular complexity index is 659. The zero-order valence-corrected chi connectivity index (χ0v) is 12.4. The summed E-state index contributed by atoms with van der Waals surface area (Å²) in [6, 6.07) is 2.22. The lowest BCUT2D eigenvalue weighted by atomic mass is 10.4. The maximum atomic E-state index is 12.3. The zero-order chi connectivity index (χ0) is 14.0. The molecule has 1 saturated carbocycles. The number of nitrogens with one attached hydrogen (secondary N) is 3. The highest BCUT2D eigenvalue weighted by Gasteiger charge is 2.23. The van der Waals surface area contributed by atoms with Crippen LogP contribution in [0.25, 0.3) is 0 Å². The van der Waals surface area contributed by atoms with Crippen LogP contribution in [0.1, 0.15) is 23.3 Å². The quantitative estimate of drug-likeness (QED) is 0.717. The molecule has 1 aliphatic rings. The fourth-order valence-corrected chi connectivity index (χ4v) is 4.26. The monoisotopic (exact) mass is 312 g/mol. The van der Waals surface area contributed by atoms with Crippen molar-refractivity contribution in [3.05, 3.63) is 34.3 Å². The molecule has 3 rings (SSSR count). The number of aromatic nitrogens is 2. The molecule has 0 aromatic carbocycles. The van der Waals surface area contributed by atoms with Crippen molar-refractivity contribution in [3.63, 3.8) is 0 Å². The van der Waals surface area contributed by atoms with E-state index in [0.717, 1.165) is 10.4 Å². The van der Waals surface area contributed by atoms with Crippen LogP contribution in [0, 0.1) is 0 Å². The number of nitrogens with zero attached hydrogens (tertiary/aromatic N) is 1. The zero-order valence-electron chi connectivity index (χ0n) is 10.8. The number of thiophene rings is 1. The summed E-state index contributed by atoms with van der Waals surface area (Å²) >= 11 is 1.47. The summed E-state index contributed by atoms with van der Waals surface area (Å²) < 4.78 is 27.2. The van der Waals surface area contributed by atoms with Crippen LogP contribution in [0.5, 0.6) is 0 Å². The number of sulfonamides is 1. The predicted octanol–water partition coefficient (Wildman–Crippen LogP) is 1.20. The lowest BCUT2D eigenvalue weighted by Gasteiger charge is -2.07. The summed E-state index contributed by atoms with van der Waals surface area (Å²) in [7, 11) is -3.47. The molecule has 1 fully saturated rings. The lowest BCUT2D eigenvalue weighted by molar-refractivity contribution is 0.579. The van der Waals surface area contributed by atoms with E-state index in [9.17, 15) is 8.42 Å². The van der Waals surface area contributed by atoms with E-state index >= 15 is 0 Å². The summed E-state index contributed by atoms with van der Waals surface area (Å²) in [6.45, 7) is 0.856. The minimum absolute atomic E-state index is 0.240. The smallest absolute Gasteiger partial charge is 0.242 e. The molecule has 0 unspecified atom stereocenters. The number of aromatic amines is 1. The van der Waals surface area contributed by atoms with Gasteiger partial charge in [0.25, 0.3) is 0 Å². The van der Waals surface area contributed by atoms with Gasteiger partial charge in [0.15, 0.2) is 0 Å². The van der Waals surface area contributed by atoms with Gasteiger partial charge in [0, 0.05) is 35.8 Å². The largest absolute Gasteiger partial charge is 0.309 e. The molecule has 0 aliphatic heterocycles. The first-order valence-electron chi connectivity index (χ1n) is 6.42. The van der Waals surface area contributed by atoms with Gasteiger partial charge in [0.1, 0.15) is 0 Å². The third kappa shape index (κ3) is 3.26. The summed E-state index contributed by atoms with van der Waals surface area (Å²) in [6.07, 6.45) is 5.65. The molecule has 2 aromatic rings. The minimum atomic E-state index is -3.47. The first kappa shape index (κ1) is 13.7. The standard InChI is InChI=1S/C12H16N4O2S2/c17-20(18,16-7-9-5-14-15-6-9)12-3-4-19-11(12)8-13-10-1-2-10/h3-6,10,13,16H,1-2,7-8H2,(H,14,15). The van der Waals surface area contributed by atoms with Crippen LogP contribution in [-0.4, -0.2) is 24.7 Å². The van der Waals surface area contributed by atoms with Crippen LogP contribution >= 0.6 is 11.3 Å². The summed E-state index contributed by atoms with van der Waals surface area (Å²) in [5.41, 5.74) is 0.807. The number of hydrogen-bond acceptors (Lipinski definition) is 5. The predicted molar refractivity (Wildman–Crippen MR) is 76.8 cm³/mol. The fraction of sp³-hybridized carbons (Fsp3) is 0.417. The fourth-order valence-electron chi connectivity index (χ4n) is 1.85. The Morgan fingerprint density at radius 1 is 1.40 bits per heavy atom. The van der Waals surface area contributed by atoms with E-state index in [1.807, 2.05) is 5.38 Å². The molecule has 2 heterocycles. The Balaban J connectivity index is 1.68. The van der Waals surface area contributed by atoms with Gasteiger partial charge < -0.3 is 5.32 Å². The molecule has 0 saturated heterocycles. The molecule has 0 radical (unpaired) electrons. The van der Waals surface area contributed by atoms with E-state index in [-0.39, 0.29) is 6.54 Å². The van der Waals surface area contributed by atoms with Crippen molar-refractivity contribution in [2.75, 3.05) is 0 Å². The van der Waals surface area contributed by atoms with Gasteiger partial charge >= 0.3 is 0 Å². The molecule has 0 bridgehead atoms.